The largest absolute Gasteiger partial charge is 0.444 e. The molecule has 1 aliphatic rings. The summed E-state index contributed by atoms with van der Waals surface area (Å²) < 4.78 is 45.8. The molecule has 8 heteroatoms. The maximum Gasteiger partial charge on any atom is 0.408 e. The molecular formula is C22H24FNO5S. The van der Waals surface area contributed by atoms with E-state index in [1.54, 1.807) is 32.9 Å². The van der Waals surface area contributed by atoms with E-state index in [1.807, 2.05) is 6.92 Å². The van der Waals surface area contributed by atoms with Crippen LogP contribution in [0.1, 0.15) is 37.8 Å². The number of amides is 1. The first-order valence-corrected chi connectivity index (χ1v) is 11.0. The van der Waals surface area contributed by atoms with Crippen LogP contribution in [-0.2, 0) is 19.4 Å². The number of benzene rings is 2. The van der Waals surface area contributed by atoms with Gasteiger partial charge in [-0.2, -0.15) is 0 Å². The Labute approximate surface area is 175 Å². The Hall–Kier alpha value is -2.74. The van der Waals surface area contributed by atoms with E-state index in [1.165, 1.54) is 36.4 Å². The van der Waals surface area contributed by atoms with E-state index >= 15 is 0 Å². The Morgan fingerprint density at radius 1 is 1.17 bits per heavy atom. The van der Waals surface area contributed by atoms with Crippen molar-refractivity contribution in [2.45, 2.75) is 54.9 Å². The van der Waals surface area contributed by atoms with Crippen molar-refractivity contribution in [2.75, 3.05) is 0 Å². The summed E-state index contributed by atoms with van der Waals surface area (Å²) in [5, 5.41) is 1.16. The minimum absolute atomic E-state index is 0.0224. The molecule has 1 N–H and O–H groups in total. The number of hydrogen-bond acceptors (Lipinski definition) is 5. The van der Waals surface area contributed by atoms with Crippen molar-refractivity contribution in [3.8, 4) is 0 Å². The molecule has 1 fully saturated rings. The molecule has 3 atom stereocenters. The molecule has 0 aromatic heterocycles. The van der Waals surface area contributed by atoms with Crippen molar-refractivity contribution < 1.29 is 27.1 Å². The summed E-state index contributed by atoms with van der Waals surface area (Å²) in [5.74, 6) is -1.52. The van der Waals surface area contributed by atoms with Crippen LogP contribution in [-0.4, -0.2) is 37.2 Å². The second-order valence-electron chi connectivity index (χ2n) is 8.49. The third-order valence-electron chi connectivity index (χ3n) is 4.98. The van der Waals surface area contributed by atoms with Gasteiger partial charge in [-0.25, -0.2) is 17.6 Å². The number of carbonyl (C=O) groups excluding carboxylic acids is 2. The molecule has 0 bridgehead atoms. The Morgan fingerprint density at radius 2 is 1.80 bits per heavy atom. The molecule has 1 amide bonds. The fraction of sp³-hybridized carbons (Fsp3) is 0.364. The fourth-order valence-electron chi connectivity index (χ4n) is 3.63. The zero-order valence-electron chi connectivity index (χ0n) is 17.2. The van der Waals surface area contributed by atoms with Gasteiger partial charge in [0.1, 0.15) is 28.5 Å². The molecule has 1 saturated carbocycles. The van der Waals surface area contributed by atoms with Gasteiger partial charge >= 0.3 is 6.09 Å². The summed E-state index contributed by atoms with van der Waals surface area (Å²) in [6.07, 6.45) is -0.513. The summed E-state index contributed by atoms with van der Waals surface area (Å²) in [5.41, 5.74) is -1.43. The van der Waals surface area contributed by atoms with Gasteiger partial charge in [0.2, 0.25) is 0 Å². The van der Waals surface area contributed by atoms with E-state index in [0.717, 1.165) is 5.56 Å². The molecule has 0 radical (unpaired) electrons. The van der Waals surface area contributed by atoms with Gasteiger partial charge in [-0.05, 0) is 57.5 Å². The molecule has 0 heterocycles. The molecule has 30 heavy (non-hydrogen) atoms. The number of carbonyl (C=O) groups is 2. The van der Waals surface area contributed by atoms with Gasteiger partial charge in [0.05, 0.1) is 4.90 Å². The molecule has 2 aromatic carbocycles. The van der Waals surface area contributed by atoms with Crippen LogP contribution < -0.4 is 5.32 Å². The second-order valence-corrected chi connectivity index (χ2v) is 10.6. The number of aryl methyl sites for hydroxylation is 1. The monoisotopic (exact) mass is 433 g/mol. The van der Waals surface area contributed by atoms with Crippen molar-refractivity contribution in [2.24, 2.45) is 0 Å². The summed E-state index contributed by atoms with van der Waals surface area (Å²) in [6.45, 7) is 6.77. The molecule has 0 spiro atoms. The Kier molecular flexibility index (Phi) is 5.49. The van der Waals surface area contributed by atoms with Gasteiger partial charge in [-0.15, -0.1) is 0 Å². The third kappa shape index (κ3) is 4.09. The molecule has 0 unspecified atom stereocenters. The zero-order chi connectivity index (χ0) is 22.3. The molecular weight excluding hydrogens is 409 g/mol. The minimum Gasteiger partial charge on any atom is -0.444 e. The summed E-state index contributed by atoms with van der Waals surface area (Å²) >= 11 is 0. The second kappa shape index (κ2) is 7.50. The lowest BCUT2D eigenvalue weighted by Gasteiger charge is -2.22. The lowest BCUT2D eigenvalue weighted by Crippen LogP contribution is -2.45. The zero-order valence-corrected chi connectivity index (χ0v) is 18.0. The molecule has 160 valence electrons. The van der Waals surface area contributed by atoms with E-state index in [4.69, 9.17) is 4.74 Å². The molecule has 0 saturated heterocycles. The average Bonchev–Trinajstić information content (AvgIpc) is 3.30. The molecule has 2 aromatic rings. The number of sulfone groups is 1. The lowest BCUT2D eigenvalue weighted by molar-refractivity contribution is -0.110. The van der Waals surface area contributed by atoms with Crippen molar-refractivity contribution in [3.63, 3.8) is 0 Å². The molecule has 6 nitrogen and oxygen atoms in total. The first-order valence-electron chi connectivity index (χ1n) is 9.44. The van der Waals surface area contributed by atoms with E-state index in [2.05, 4.69) is 5.32 Å². The number of ether oxygens (including phenoxy) is 1. The van der Waals surface area contributed by atoms with Crippen LogP contribution in [0.25, 0.3) is 0 Å². The summed E-state index contributed by atoms with van der Waals surface area (Å²) in [7, 11) is -4.03. The first-order chi connectivity index (χ1) is 13.9. The van der Waals surface area contributed by atoms with Gasteiger partial charge in [-0.1, -0.05) is 29.8 Å². The Morgan fingerprint density at radius 3 is 2.33 bits per heavy atom. The fourth-order valence-corrected chi connectivity index (χ4v) is 5.88. The van der Waals surface area contributed by atoms with Crippen LogP contribution in [0.4, 0.5) is 9.18 Å². The number of hydrogen-bond donors (Lipinski definition) is 1. The number of rotatable bonds is 5. The quantitative estimate of drug-likeness (QED) is 0.729. The maximum absolute atomic E-state index is 13.8. The van der Waals surface area contributed by atoms with Crippen molar-refractivity contribution in [3.05, 3.63) is 65.5 Å². The summed E-state index contributed by atoms with van der Waals surface area (Å²) in [4.78, 5) is 24.6. The Bertz CT molecular complexity index is 1080. The third-order valence-corrected chi connectivity index (χ3v) is 7.24. The van der Waals surface area contributed by atoms with Crippen LogP contribution in [0, 0.1) is 12.7 Å². The van der Waals surface area contributed by atoms with Gasteiger partial charge in [0.15, 0.2) is 9.84 Å². The highest BCUT2D eigenvalue weighted by Crippen LogP contribution is 2.56. The van der Waals surface area contributed by atoms with Gasteiger partial charge in [0.25, 0.3) is 0 Å². The predicted octanol–water partition coefficient (Wildman–Crippen LogP) is 3.54. The van der Waals surface area contributed by atoms with Gasteiger partial charge < -0.3 is 14.8 Å². The molecule has 3 rings (SSSR count). The van der Waals surface area contributed by atoms with Gasteiger partial charge in [0, 0.05) is 5.92 Å². The highest BCUT2D eigenvalue weighted by molar-refractivity contribution is 7.92. The highest BCUT2D eigenvalue weighted by atomic mass is 32.2. The van der Waals surface area contributed by atoms with Crippen LogP contribution in [0.5, 0.6) is 0 Å². The van der Waals surface area contributed by atoms with Crippen molar-refractivity contribution in [1.29, 1.82) is 0 Å². The van der Waals surface area contributed by atoms with E-state index in [-0.39, 0.29) is 4.90 Å². The van der Waals surface area contributed by atoms with Gasteiger partial charge in [-0.3, -0.25) is 0 Å². The summed E-state index contributed by atoms with van der Waals surface area (Å²) in [6, 6.07) is 11.6. The molecule has 1 aliphatic carbocycles. The Balaban J connectivity index is 2.06. The number of halogens is 1. The van der Waals surface area contributed by atoms with Crippen LogP contribution in [0.15, 0.2) is 53.4 Å². The topological polar surface area (TPSA) is 89.5 Å². The van der Waals surface area contributed by atoms with E-state index < -0.39 is 44.1 Å². The number of nitrogens with one attached hydrogen (secondary N) is 1. The van der Waals surface area contributed by atoms with Crippen molar-refractivity contribution >= 4 is 22.2 Å². The van der Waals surface area contributed by atoms with E-state index in [9.17, 15) is 22.4 Å². The van der Waals surface area contributed by atoms with Crippen LogP contribution in [0.3, 0.4) is 0 Å². The smallest absolute Gasteiger partial charge is 0.408 e. The minimum atomic E-state index is -4.03. The van der Waals surface area contributed by atoms with E-state index in [0.29, 0.717) is 11.8 Å². The molecule has 0 aliphatic heterocycles. The predicted molar refractivity (Wildman–Crippen MR) is 109 cm³/mol. The maximum atomic E-state index is 13.8. The van der Waals surface area contributed by atoms with Crippen molar-refractivity contribution in [1.82, 2.24) is 5.32 Å². The first kappa shape index (κ1) is 22.0. The SMILES string of the molecule is Cc1ccc(S(=O)(=O)[C@H]2[C@@H](c3cccc(F)c3)[C@@]2(C=O)NC(=O)OC(C)(C)C)cc1. The normalized spacial score (nSPS) is 23.5. The number of aldehydes is 1. The average molecular weight is 434 g/mol. The highest BCUT2D eigenvalue weighted by Gasteiger charge is 2.73. The van der Waals surface area contributed by atoms with Crippen LogP contribution in [0.2, 0.25) is 0 Å². The lowest BCUT2D eigenvalue weighted by atomic mass is 10.1. The standard InChI is InChI=1S/C22H24FNO5S/c1-14-8-10-17(11-9-14)30(27,28)19-18(15-6-5-7-16(23)12-15)22(19,13-25)24-20(26)29-21(2,3)4/h5-13,18-19H,1-4H3,(H,24,26)/t18-,19+,22-/m1/s1. The number of alkyl carbamates (subject to hydrolysis) is 1. The van der Waals surface area contributed by atoms with Crippen LogP contribution >= 0.6 is 0 Å².